The third kappa shape index (κ3) is 4.91. The lowest BCUT2D eigenvalue weighted by molar-refractivity contribution is -0.384. The normalized spacial score (nSPS) is 10.4. The molecule has 26 heavy (non-hydrogen) atoms. The van der Waals surface area contributed by atoms with E-state index in [1.54, 1.807) is 49.5 Å². The number of nitro groups is 1. The van der Waals surface area contributed by atoms with E-state index in [0.29, 0.717) is 16.9 Å². The van der Waals surface area contributed by atoms with E-state index in [-0.39, 0.29) is 11.6 Å². The van der Waals surface area contributed by atoms with Crippen molar-refractivity contribution in [1.29, 1.82) is 0 Å². The second-order valence-corrected chi connectivity index (χ2v) is 5.25. The molecule has 0 unspecified atom stereocenters. The zero-order valence-electron chi connectivity index (χ0n) is 14.2. The summed E-state index contributed by atoms with van der Waals surface area (Å²) < 4.78 is 4.63. The van der Waals surface area contributed by atoms with Crippen molar-refractivity contribution >= 4 is 35.1 Å². The quantitative estimate of drug-likeness (QED) is 0.503. The van der Waals surface area contributed by atoms with E-state index < -0.39 is 11.0 Å². The van der Waals surface area contributed by atoms with Crippen molar-refractivity contribution in [3.8, 4) is 0 Å². The number of nitrogens with zero attached hydrogens (tertiary/aromatic N) is 2. The largest absolute Gasteiger partial charge is 0.452 e. The number of carbonyl (C=O) groups is 2. The molecule has 0 atom stereocenters. The Morgan fingerprint density at radius 1 is 1.12 bits per heavy atom. The molecule has 8 heteroatoms. The number of non-ortho nitro benzene ring substituents is 1. The molecule has 0 spiro atoms. The molecule has 2 amide bonds. The van der Waals surface area contributed by atoms with Gasteiger partial charge in [-0.25, -0.2) is 4.79 Å². The summed E-state index contributed by atoms with van der Waals surface area (Å²) in [7, 11) is 2.87. The van der Waals surface area contributed by atoms with Gasteiger partial charge in [-0.3, -0.25) is 19.8 Å². The molecule has 0 fully saturated rings. The maximum Gasteiger partial charge on any atom is 0.413 e. The average molecular weight is 355 g/mol. The number of amides is 2. The minimum absolute atomic E-state index is 0.0105. The maximum atomic E-state index is 11.9. The lowest BCUT2D eigenvalue weighted by Crippen LogP contribution is -2.25. The fourth-order valence-corrected chi connectivity index (χ4v) is 2.07. The Morgan fingerprint density at radius 2 is 1.73 bits per heavy atom. The first kappa shape index (κ1) is 18.7. The Balaban J connectivity index is 1.96. The van der Waals surface area contributed by atoms with Gasteiger partial charge in [-0.15, -0.1) is 0 Å². The molecule has 0 aliphatic rings. The molecule has 0 saturated heterocycles. The summed E-state index contributed by atoms with van der Waals surface area (Å²) in [6.45, 7) is 0. The zero-order valence-corrected chi connectivity index (χ0v) is 14.2. The molecule has 0 aromatic heterocycles. The van der Waals surface area contributed by atoms with Gasteiger partial charge in [0.1, 0.15) is 0 Å². The fourth-order valence-electron chi connectivity index (χ4n) is 2.07. The number of hydrogen-bond donors (Lipinski definition) is 1. The number of methoxy groups -OCH3 is 1. The van der Waals surface area contributed by atoms with Crippen molar-refractivity contribution in [3.63, 3.8) is 0 Å². The zero-order chi connectivity index (χ0) is 19.1. The Bertz CT molecular complexity index is 829. The average Bonchev–Trinajstić information content (AvgIpc) is 2.66. The molecule has 0 aliphatic heterocycles. The molecular formula is C18H17N3O5. The number of anilines is 2. The van der Waals surface area contributed by atoms with Crippen LogP contribution in [0.3, 0.4) is 0 Å². The molecule has 2 rings (SSSR count). The highest BCUT2D eigenvalue weighted by molar-refractivity contribution is 6.02. The summed E-state index contributed by atoms with van der Waals surface area (Å²) in [6, 6.07) is 12.5. The smallest absolute Gasteiger partial charge is 0.413 e. The van der Waals surface area contributed by atoms with E-state index in [4.69, 9.17) is 0 Å². The van der Waals surface area contributed by atoms with Crippen molar-refractivity contribution in [1.82, 2.24) is 0 Å². The molecule has 8 nitrogen and oxygen atoms in total. The molecule has 0 aliphatic carbocycles. The lowest BCUT2D eigenvalue weighted by atomic mass is 10.2. The minimum atomic E-state index is -0.493. The van der Waals surface area contributed by atoms with Crippen LogP contribution in [0.1, 0.15) is 5.56 Å². The maximum absolute atomic E-state index is 11.9. The molecule has 0 bridgehead atoms. The van der Waals surface area contributed by atoms with Crippen molar-refractivity contribution in [2.75, 3.05) is 24.4 Å². The number of hydrogen-bond acceptors (Lipinski definition) is 5. The number of carbonyl (C=O) groups excluding carboxylic acids is 2. The van der Waals surface area contributed by atoms with E-state index in [9.17, 15) is 19.7 Å². The van der Waals surface area contributed by atoms with Crippen LogP contribution in [-0.4, -0.2) is 31.1 Å². The van der Waals surface area contributed by atoms with E-state index >= 15 is 0 Å². The molecule has 2 aromatic carbocycles. The van der Waals surface area contributed by atoms with Crippen LogP contribution < -0.4 is 10.2 Å². The molecule has 0 heterocycles. The van der Waals surface area contributed by atoms with Crippen molar-refractivity contribution in [3.05, 3.63) is 70.3 Å². The van der Waals surface area contributed by atoms with Gasteiger partial charge in [0.15, 0.2) is 0 Å². The van der Waals surface area contributed by atoms with E-state index in [2.05, 4.69) is 10.1 Å². The van der Waals surface area contributed by atoms with Gasteiger partial charge < -0.3 is 10.1 Å². The number of ether oxygens (including phenoxy) is 1. The number of nitro benzene ring substituents is 1. The van der Waals surface area contributed by atoms with Crippen LogP contribution in [0.4, 0.5) is 21.9 Å². The van der Waals surface area contributed by atoms with Crippen LogP contribution in [0, 0.1) is 10.1 Å². The van der Waals surface area contributed by atoms with Gasteiger partial charge in [-0.05, 0) is 48.0 Å². The van der Waals surface area contributed by atoms with Crippen LogP contribution in [0.5, 0.6) is 0 Å². The summed E-state index contributed by atoms with van der Waals surface area (Å²) in [5.41, 5.74) is 1.84. The van der Waals surface area contributed by atoms with Crippen LogP contribution in [0.15, 0.2) is 54.6 Å². The van der Waals surface area contributed by atoms with Gasteiger partial charge in [0.2, 0.25) is 5.91 Å². The predicted octanol–water partition coefficient (Wildman–Crippen LogP) is 3.45. The summed E-state index contributed by atoms with van der Waals surface area (Å²) in [6.07, 6.45) is 2.39. The molecule has 0 saturated carbocycles. The van der Waals surface area contributed by atoms with Gasteiger partial charge in [0, 0.05) is 36.6 Å². The van der Waals surface area contributed by atoms with Crippen molar-refractivity contribution in [2.24, 2.45) is 0 Å². The highest BCUT2D eigenvalue weighted by Crippen LogP contribution is 2.18. The molecule has 134 valence electrons. The lowest BCUT2D eigenvalue weighted by Gasteiger charge is -2.15. The fraction of sp³-hybridized carbons (Fsp3) is 0.111. The van der Waals surface area contributed by atoms with E-state index in [0.717, 1.165) is 0 Å². The van der Waals surface area contributed by atoms with Crippen LogP contribution >= 0.6 is 0 Å². The summed E-state index contributed by atoms with van der Waals surface area (Å²) in [4.78, 5) is 34.8. The third-order valence-corrected chi connectivity index (χ3v) is 3.50. The van der Waals surface area contributed by atoms with E-state index in [1.807, 2.05) is 0 Å². The first-order valence-electron chi connectivity index (χ1n) is 7.56. The van der Waals surface area contributed by atoms with Crippen LogP contribution in [-0.2, 0) is 9.53 Å². The van der Waals surface area contributed by atoms with E-state index in [1.165, 1.54) is 30.2 Å². The summed E-state index contributed by atoms with van der Waals surface area (Å²) >= 11 is 0. The Labute approximate surface area is 149 Å². The van der Waals surface area contributed by atoms with Crippen molar-refractivity contribution in [2.45, 2.75) is 0 Å². The molecule has 1 N–H and O–H groups in total. The third-order valence-electron chi connectivity index (χ3n) is 3.50. The van der Waals surface area contributed by atoms with Crippen LogP contribution in [0.2, 0.25) is 0 Å². The topological polar surface area (TPSA) is 102 Å². The van der Waals surface area contributed by atoms with Gasteiger partial charge in [-0.1, -0.05) is 0 Å². The highest BCUT2D eigenvalue weighted by atomic mass is 16.6. The predicted molar refractivity (Wildman–Crippen MR) is 98.0 cm³/mol. The van der Waals surface area contributed by atoms with Gasteiger partial charge in [0.05, 0.1) is 12.0 Å². The SMILES string of the molecule is COC(=O)N(C)c1ccc(NC(=O)/C=C/c2ccc([N+](=O)[O-])cc2)cc1. The van der Waals surface area contributed by atoms with Crippen molar-refractivity contribution < 1.29 is 19.2 Å². The molecule has 2 aromatic rings. The Morgan fingerprint density at radius 3 is 2.27 bits per heavy atom. The molecule has 0 radical (unpaired) electrons. The summed E-state index contributed by atoms with van der Waals surface area (Å²) in [5, 5.41) is 13.3. The first-order chi connectivity index (χ1) is 12.4. The Hall–Kier alpha value is -3.68. The second kappa shape index (κ2) is 8.43. The summed E-state index contributed by atoms with van der Waals surface area (Å²) in [5.74, 6) is -0.350. The van der Waals surface area contributed by atoms with Crippen LogP contribution in [0.25, 0.3) is 6.08 Å². The Kier molecular flexibility index (Phi) is 6.05. The van der Waals surface area contributed by atoms with Gasteiger partial charge >= 0.3 is 6.09 Å². The minimum Gasteiger partial charge on any atom is -0.452 e. The van der Waals surface area contributed by atoms with Gasteiger partial charge in [-0.2, -0.15) is 0 Å². The standard InChI is InChI=1S/C18H17N3O5/c1-20(18(23)26-2)15-10-6-14(7-11-15)19-17(22)12-5-13-3-8-16(9-4-13)21(24)25/h3-12H,1-2H3,(H,19,22)/b12-5+. The molecular weight excluding hydrogens is 338 g/mol. The highest BCUT2D eigenvalue weighted by Gasteiger charge is 2.10. The van der Waals surface area contributed by atoms with Gasteiger partial charge in [0.25, 0.3) is 5.69 Å². The monoisotopic (exact) mass is 355 g/mol. The second-order valence-electron chi connectivity index (χ2n) is 5.25. The number of nitrogens with one attached hydrogen (secondary N) is 1. The first-order valence-corrected chi connectivity index (χ1v) is 7.56. The number of benzene rings is 2. The number of rotatable bonds is 5.